The van der Waals surface area contributed by atoms with Gasteiger partial charge in [0.05, 0.1) is 10.4 Å². The lowest BCUT2D eigenvalue weighted by Gasteiger charge is -2.23. The van der Waals surface area contributed by atoms with E-state index in [1.165, 1.54) is 0 Å². The zero-order valence-electron chi connectivity index (χ0n) is 7.38. The van der Waals surface area contributed by atoms with Crippen LogP contribution in [0.4, 0.5) is 0 Å². The zero-order chi connectivity index (χ0) is 9.35. The van der Waals surface area contributed by atoms with Crippen molar-refractivity contribution in [3.63, 3.8) is 0 Å². The lowest BCUT2D eigenvalue weighted by Crippen LogP contribution is -2.40. The number of amides is 1. The highest BCUT2D eigenvalue weighted by Gasteiger charge is 2.33. The van der Waals surface area contributed by atoms with E-state index in [4.69, 9.17) is 0 Å². The van der Waals surface area contributed by atoms with Crippen molar-refractivity contribution in [2.75, 3.05) is 13.1 Å². The van der Waals surface area contributed by atoms with E-state index in [1.807, 2.05) is 13.8 Å². The highest BCUT2D eigenvalue weighted by molar-refractivity contribution is 9.10. The van der Waals surface area contributed by atoms with Gasteiger partial charge in [0.15, 0.2) is 0 Å². The van der Waals surface area contributed by atoms with Crippen LogP contribution in [-0.2, 0) is 4.79 Å². The fraction of sp³-hybridized carbons (Fsp3) is 0.875. The summed E-state index contributed by atoms with van der Waals surface area (Å²) in [5.41, 5.74) is 0. The van der Waals surface area contributed by atoms with Crippen molar-refractivity contribution in [3.05, 3.63) is 0 Å². The fourth-order valence-corrected chi connectivity index (χ4v) is 1.55. The Morgan fingerprint density at radius 2 is 2.25 bits per heavy atom. The van der Waals surface area contributed by atoms with E-state index in [2.05, 4.69) is 15.9 Å². The maximum atomic E-state index is 11.6. The Bertz CT molecular complexity index is 188. The zero-order valence-corrected chi connectivity index (χ0v) is 8.97. The summed E-state index contributed by atoms with van der Waals surface area (Å²) >= 11 is 3.30. The second-order valence-electron chi connectivity index (χ2n) is 3.67. The monoisotopic (exact) mass is 235 g/mol. The van der Waals surface area contributed by atoms with E-state index < -0.39 is 4.32 Å². The molecule has 3 nitrogen and oxygen atoms in total. The number of aliphatic hydroxyl groups excluding tert-OH is 1. The van der Waals surface area contributed by atoms with E-state index in [9.17, 15) is 9.90 Å². The van der Waals surface area contributed by atoms with E-state index in [0.717, 1.165) is 0 Å². The summed E-state index contributed by atoms with van der Waals surface area (Å²) in [5, 5.41) is 9.21. The van der Waals surface area contributed by atoms with Gasteiger partial charge in [0.2, 0.25) is 5.91 Å². The quantitative estimate of drug-likeness (QED) is 0.682. The summed E-state index contributed by atoms with van der Waals surface area (Å²) in [7, 11) is 0. The largest absolute Gasteiger partial charge is 0.391 e. The molecule has 1 rings (SSSR count). The molecule has 0 aromatic heterocycles. The van der Waals surface area contributed by atoms with Crippen molar-refractivity contribution in [1.29, 1.82) is 0 Å². The highest BCUT2D eigenvalue weighted by Crippen LogP contribution is 2.22. The maximum absolute atomic E-state index is 11.6. The molecule has 0 aromatic carbocycles. The number of hydrogen-bond donors (Lipinski definition) is 1. The number of halogens is 1. The Hall–Kier alpha value is -0.0900. The van der Waals surface area contributed by atoms with Crippen LogP contribution < -0.4 is 0 Å². The van der Waals surface area contributed by atoms with Gasteiger partial charge in [-0.15, -0.1) is 0 Å². The summed E-state index contributed by atoms with van der Waals surface area (Å²) in [6.07, 6.45) is 0.373. The van der Waals surface area contributed by atoms with Crippen molar-refractivity contribution in [2.24, 2.45) is 0 Å². The Kier molecular flexibility index (Phi) is 2.78. The van der Waals surface area contributed by atoms with Gasteiger partial charge in [0, 0.05) is 13.1 Å². The van der Waals surface area contributed by atoms with Crippen LogP contribution in [0.5, 0.6) is 0 Å². The van der Waals surface area contributed by atoms with Gasteiger partial charge in [-0.1, -0.05) is 15.9 Å². The van der Waals surface area contributed by atoms with Gasteiger partial charge in [0.1, 0.15) is 0 Å². The van der Waals surface area contributed by atoms with Crippen molar-refractivity contribution >= 4 is 21.8 Å². The molecule has 1 heterocycles. The Morgan fingerprint density at radius 1 is 1.67 bits per heavy atom. The molecule has 1 aliphatic heterocycles. The van der Waals surface area contributed by atoms with Gasteiger partial charge in [-0.25, -0.2) is 0 Å². The summed E-state index contributed by atoms with van der Waals surface area (Å²) in [6, 6.07) is 0. The van der Waals surface area contributed by atoms with Crippen LogP contribution in [0, 0.1) is 0 Å². The van der Waals surface area contributed by atoms with Crippen molar-refractivity contribution in [2.45, 2.75) is 30.7 Å². The molecular weight excluding hydrogens is 222 g/mol. The van der Waals surface area contributed by atoms with E-state index in [1.54, 1.807) is 4.90 Å². The lowest BCUT2D eigenvalue weighted by molar-refractivity contribution is -0.132. The number of likely N-dealkylation sites (tertiary alicyclic amines) is 1. The first-order valence-corrected chi connectivity index (χ1v) is 4.87. The van der Waals surface area contributed by atoms with Crippen LogP contribution in [0.2, 0.25) is 0 Å². The highest BCUT2D eigenvalue weighted by atomic mass is 79.9. The maximum Gasteiger partial charge on any atom is 0.238 e. The van der Waals surface area contributed by atoms with Crippen molar-refractivity contribution in [3.8, 4) is 0 Å². The molecule has 0 unspecified atom stereocenters. The van der Waals surface area contributed by atoms with Gasteiger partial charge in [-0.05, 0) is 20.3 Å². The third-order valence-electron chi connectivity index (χ3n) is 1.96. The SMILES string of the molecule is CC(C)(Br)C(=O)N1CC[C@H](O)C1. The van der Waals surface area contributed by atoms with Gasteiger partial charge >= 0.3 is 0 Å². The number of nitrogens with zero attached hydrogens (tertiary/aromatic N) is 1. The smallest absolute Gasteiger partial charge is 0.238 e. The molecule has 0 saturated carbocycles. The Balaban J connectivity index is 2.55. The molecule has 1 atom stereocenters. The van der Waals surface area contributed by atoms with Crippen molar-refractivity contribution in [1.82, 2.24) is 4.90 Å². The minimum atomic E-state index is -0.503. The first-order valence-electron chi connectivity index (χ1n) is 4.07. The molecule has 1 N–H and O–H groups in total. The number of alkyl halides is 1. The molecular formula is C8H14BrNO2. The summed E-state index contributed by atoms with van der Waals surface area (Å²) in [4.78, 5) is 13.3. The molecule has 0 aliphatic carbocycles. The second kappa shape index (κ2) is 3.34. The molecule has 0 aromatic rings. The summed E-state index contributed by atoms with van der Waals surface area (Å²) < 4.78 is -0.503. The van der Waals surface area contributed by atoms with E-state index >= 15 is 0 Å². The Labute approximate surface area is 80.9 Å². The molecule has 70 valence electrons. The topological polar surface area (TPSA) is 40.5 Å². The van der Waals surface area contributed by atoms with E-state index in [-0.39, 0.29) is 12.0 Å². The second-order valence-corrected chi connectivity index (χ2v) is 5.65. The summed E-state index contributed by atoms with van der Waals surface area (Å²) in [6.45, 7) is 4.79. The fourth-order valence-electron chi connectivity index (χ4n) is 1.30. The van der Waals surface area contributed by atoms with E-state index in [0.29, 0.717) is 19.5 Å². The van der Waals surface area contributed by atoms with Crippen LogP contribution in [-0.4, -0.2) is 39.4 Å². The molecule has 1 amide bonds. The molecule has 0 spiro atoms. The van der Waals surface area contributed by atoms with Gasteiger partial charge in [-0.2, -0.15) is 0 Å². The van der Waals surface area contributed by atoms with Gasteiger partial charge < -0.3 is 10.0 Å². The van der Waals surface area contributed by atoms with Gasteiger partial charge in [0.25, 0.3) is 0 Å². The average molecular weight is 236 g/mol. The standard InChI is InChI=1S/C8H14BrNO2/c1-8(2,9)7(12)10-4-3-6(11)5-10/h6,11H,3-5H2,1-2H3/t6-/m0/s1. The molecule has 1 aliphatic rings. The van der Waals surface area contributed by atoms with Crippen LogP contribution in [0.1, 0.15) is 20.3 Å². The summed E-state index contributed by atoms with van der Waals surface area (Å²) in [5.74, 6) is 0.0547. The predicted molar refractivity (Wildman–Crippen MR) is 50.2 cm³/mol. The molecule has 12 heavy (non-hydrogen) atoms. The van der Waals surface area contributed by atoms with Crippen LogP contribution in [0.15, 0.2) is 0 Å². The minimum absolute atomic E-state index is 0.0547. The Morgan fingerprint density at radius 3 is 2.58 bits per heavy atom. The number of β-amino-alcohol motifs (C(OH)–C–C–N with tert-alkyl or cyclic N) is 1. The molecule has 0 radical (unpaired) electrons. The van der Waals surface area contributed by atoms with Crippen LogP contribution in [0.25, 0.3) is 0 Å². The number of hydrogen-bond acceptors (Lipinski definition) is 2. The molecule has 0 bridgehead atoms. The number of carbonyl (C=O) groups is 1. The average Bonchev–Trinajstić information content (AvgIpc) is 2.32. The van der Waals surface area contributed by atoms with Crippen LogP contribution >= 0.6 is 15.9 Å². The number of aliphatic hydroxyl groups is 1. The molecule has 1 saturated heterocycles. The molecule has 1 fully saturated rings. The lowest BCUT2D eigenvalue weighted by atomic mass is 10.2. The predicted octanol–water partition coefficient (Wildman–Crippen LogP) is 0.753. The molecule has 4 heteroatoms. The number of rotatable bonds is 1. The van der Waals surface area contributed by atoms with Gasteiger partial charge in [-0.3, -0.25) is 4.79 Å². The first-order chi connectivity index (χ1) is 5.41. The first kappa shape index (κ1) is 9.99. The van der Waals surface area contributed by atoms with Crippen LogP contribution in [0.3, 0.4) is 0 Å². The normalized spacial score (nSPS) is 24.7. The third kappa shape index (κ3) is 2.20. The van der Waals surface area contributed by atoms with Crippen molar-refractivity contribution < 1.29 is 9.90 Å². The third-order valence-corrected chi connectivity index (χ3v) is 2.30. The number of carbonyl (C=O) groups excluding carboxylic acids is 1. The minimum Gasteiger partial charge on any atom is -0.391 e.